The van der Waals surface area contributed by atoms with E-state index < -0.39 is 5.60 Å². The Hall–Kier alpha value is -1.65. The summed E-state index contributed by atoms with van der Waals surface area (Å²) in [6.07, 6.45) is 2.54. The maximum Gasteiger partial charge on any atom is 0.119 e. The van der Waals surface area contributed by atoms with Gasteiger partial charge in [0.25, 0.3) is 0 Å². The lowest BCUT2D eigenvalue weighted by Gasteiger charge is -2.26. The summed E-state index contributed by atoms with van der Waals surface area (Å²) in [5.41, 5.74) is 1.03. The minimum absolute atomic E-state index is 0.539. The highest BCUT2D eigenvalue weighted by Gasteiger charge is 2.26. The summed E-state index contributed by atoms with van der Waals surface area (Å²) in [5, 5.41) is 11.0. The number of hydrogen-bond donors (Lipinski definition) is 1. The lowest BCUT2D eigenvalue weighted by atomic mass is 9.89. The fourth-order valence-corrected chi connectivity index (χ4v) is 3.22. The van der Waals surface area contributed by atoms with Gasteiger partial charge in [-0.05, 0) is 48.6 Å². The summed E-state index contributed by atoms with van der Waals surface area (Å²) in [6, 6.07) is 13.6. The quantitative estimate of drug-likeness (QED) is 0.821. The Kier molecular flexibility index (Phi) is 5.37. The average molecular weight is 318 g/mol. The number of hydrogen-bond acceptors (Lipinski definition) is 4. The number of methoxy groups -OCH3 is 2. The highest BCUT2D eigenvalue weighted by atomic mass is 32.2. The minimum atomic E-state index is -0.945. The van der Waals surface area contributed by atoms with E-state index >= 15 is 0 Å². The lowest BCUT2D eigenvalue weighted by Crippen LogP contribution is -2.25. The Morgan fingerprint density at radius 1 is 1.00 bits per heavy atom. The van der Waals surface area contributed by atoms with Gasteiger partial charge < -0.3 is 14.6 Å². The molecule has 0 amide bonds. The summed E-state index contributed by atoms with van der Waals surface area (Å²) in [5.74, 6) is 1.62. The van der Waals surface area contributed by atoms with Gasteiger partial charge in [0.1, 0.15) is 11.5 Å². The van der Waals surface area contributed by atoms with Crippen molar-refractivity contribution in [1.29, 1.82) is 0 Å². The molecule has 0 heterocycles. The summed E-state index contributed by atoms with van der Waals surface area (Å²) < 4.78 is 10.4. The molecule has 0 aliphatic heterocycles. The third-order valence-corrected chi connectivity index (χ3v) is 4.47. The third-order valence-electron chi connectivity index (χ3n) is 3.70. The van der Waals surface area contributed by atoms with Crippen LogP contribution >= 0.6 is 11.8 Å². The molecule has 2 aromatic rings. The molecule has 22 heavy (non-hydrogen) atoms. The molecule has 1 atom stereocenters. The van der Waals surface area contributed by atoms with E-state index in [0.717, 1.165) is 27.5 Å². The molecule has 0 spiro atoms. The number of thioether (sulfide) groups is 1. The van der Waals surface area contributed by atoms with Crippen LogP contribution in [0.4, 0.5) is 0 Å². The van der Waals surface area contributed by atoms with Crippen LogP contribution in [0.25, 0.3) is 0 Å². The van der Waals surface area contributed by atoms with Crippen molar-refractivity contribution in [2.24, 2.45) is 0 Å². The molecule has 0 fully saturated rings. The molecule has 0 bridgehead atoms. The van der Waals surface area contributed by atoms with Gasteiger partial charge in [-0.25, -0.2) is 0 Å². The predicted molar refractivity (Wildman–Crippen MR) is 91.0 cm³/mol. The number of benzene rings is 2. The molecule has 1 unspecified atom stereocenters. The largest absolute Gasteiger partial charge is 0.497 e. The van der Waals surface area contributed by atoms with Crippen LogP contribution in [0.15, 0.2) is 47.4 Å². The van der Waals surface area contributed by atoms with E-state index in [-0.39, 0.29) is 0 Å². The van der Waals surface area contributed by atoms with Gasteiger partial charge in [-0.2, -0.15) is 0 Å². The molecule has 0 saturated heterocycles. The van der Waals surface area contributed by atoms with Gasteiger partial charge in [-0.15, -0.1) is 11.8 Å². The molecule has 0 aromatic heterocycles. The van der Waals surface area contributed by atoms with Crippen LogP contribution in [0.2, 0.25) is 0 Å². The van der Waals surface area contributed by atoms with Gasteiger partial charge in [-0.1, -0.05) is 18.2 Å². The first kappa shape index (κ1) is 16.7. The van der Waals surface area contributed by atoms with E-state index in [1.54, 1.807) is 26.0 Å². The van der Waals surface area contributed by atoms with Crippen LogP contribution in [0.1, 0.15) is 18.1 Å². The number of ether oxygens (including phenoxy) is 2. The molecule has 0 saturated carbocycles. The summed E-state index contributed by atoms with van der Waals surface area (Å²) >= 11 is 1.61. The Morgan fingerprint density at radius 3 is 2.14 bits per heavy atom. The van der Waals surface area contributed by atoms with Crippen LogP contribution in [0.5, 0.6) is 11.5 Å². The van der Waals surface area contributed by atoms with E-state index in [2.05, 4.69) is 0 Å². The second-order valence-electron chi connectivity index (χ2n) is 5.36. The number of aliphatic hydroxyl groups is 1. The standard InChI is InChI=1S/C18H22O3S/c1-18(19,12-13-5-7-14(20-2)8-6-13)16-10-9-15(21-3)11-17(16)22-4/h5-11,19H,12H2,1-4H3. The summed E-state index contributed by atoms with van der Waals surface area (Å²) in [6.45, 7) is 1.85. The van der Waals surface area contributed by atoms with Crippen LogP contribution in [-0.2, 0) is 12.0 Å². The molecule has 2 rings (SSSR count). The Morgan fingerprint density at radius 2 is 1.59 bits per heavy atom. The van der Waals surface area contributed by atoms with Crippen LogP contribution < -0.4 is 9.47 Å². The zero-order valence-corrected chi connectivity index (χ0v) is 14.2. The number of rotatable bonds is 6. The van der Waals surface area contributed by atoms with Crippen molar-refractivity contribution >= 4 is 11.8 Å². The first-order valence-electron chi connectivity index (χ1n) is 7.08. The molecule has 1 N–H and O–H groups in total. The van der Waals surface area contributed by atoms with E-state index in [9.17, 15) is 5.11 Å². The van der Waals surface area contributed by atoms with Crippen molar-refractivity contribution in [3.05, 3.63) is 53.6 Å². The van der Waals surface area contributed by atoms with E-state index in [1.165, 1.54) is 0 Å². The Labute approximate surface area is 136 Å². The first-order valence-corrected chi connectivity index (χ1v) is 8.30. The van der Waals surface area contributed by atoms with Gasteiger partial charge in [0.05, 0.1) is 19.8 Å². The second kappa shape index (κ2) is 7.07. The van der Waals surface area contributed by atoms with Crippen molar-refractivity contribution in [2.45, 2.75) is 23.8 Å². The van der Waals surface area contributed by atoms with Gasteiger partial charge >= 0.3 is 0 Å². The minimum Gasteiger partial charge on any atom is -0.497 e. The molecule has 0 aliphatic rings. The van der Waals surface area contributed by atoms with Crippen LogP contribution in [-0.4, -0.2) is 25.6 Å². The molecule has 2 aromatic carbocycles. The van der Waals surface area contributed by atoms with Crippen molar-refractivity contribution in [3.63, 3.8) is 0 Å². The Balaban J connectivity index is 2.28. The highest BCUT2D eigenvalue weighted by molar-refractivity contribution is 7.98. The lowest BCUT2D eigenvalue weighted by molar-refractivity contribution is 0.0548. The SMILES string of the molecule is COc1ccc(CC(C)(O)c2ccc(OC)cc2SC)cc1. The molecular formula is C18H22O3S. The molecular weight excluding hydrogens is 296 g/mol. The van der Waals surface area contributed by atoms with Crippen molar-refractivity contribution in [3.8, 4) is 11.5 Å². The second-order valence-corrected chi connectivity index (χ2v) is 6.21. The zero-order chi connectivity index (χ0) is 16.2. The average Bonchev–Trinajstić information content (AvgIpc) is 2.54. The smallest absolute Gasteiger partial charge is 0.119 e. The van der Waals surface area contributed by atoms with Gasteiger partial charge in [-0.3, -0.25) is 0 Å². The van der Waals surface area contributed by atoms with Gasteiger partial charge in [0, 0.05) is 11.3 Å². The third kappa shape index (κ3) is 3.76. The maximum atomic E-state index is 11.0. The Bertz CT molecular complexity index is 621. The fraction of sp³-hybridized carbons (Fsp3) is 0.333. The van der Waals surface area contributed by atoms with Crippen molar-refractivity contribution in [2.75, 3.05) is 20.5 Å². The molecule has 118 valence electrons. The fourth-order valence-electron chi connectivity index (χ4n) is 2.48. The van der Waals surface area contributed by atoms with Gasteiger partial charge in [0.2, 0.25) is 0 Å². The molecule has 0 aliphatic carbocycles. The summed E-state index contributed by atoms with van der Waals surface area (Å²) in [4.78, 5) is 1.03. The molecule has 3 nitrogen and oxygen atoms in total. The predicted octanol–water partition coefficient (Wildman–Crippen LogP) is 3.88. The maximum absolute atomic E-state index is 11.0. The molecule has 4 heteroatoms. The van der Waals surface area contributed by atoms with E-state index in [1.807, 2.05) is 55.6 Å². The van der Waals surface area contributed by atoms with Crippen LogP contribution in [0, 0.1) is 0 Å². The van der Waals surface area contributed by atoms with E-state index in [4.69, 9.17) is 9.47 Å². The zero-order valence-electron chi connectivity index (χ0n) is 13.4. The topological polar surface area (TPSA) is 38.7 Å². The van der Waals surface area contributed by atoms with Gasteiger partial charge in [0.15, 0.2) is 0 Å². The summed E-state index contributed by atoms with van der Waals surface area (Å²) in [7, 11) is 3.29. The first-order chi connectivity index (χ1) is 10.5. The van der Waals surface area contributed by atoms with E-state index in [0.29, 0.717) is 6.42 Å². The monoisotopic (exact) mass is 318 g/mol. The normalized spacial score (nSPS) is 13.5. The van der Waals surface area contributed by atoms with Crippen LogP contribution in [0.3, 0.4) is 0 Å². The highest BCUT2D eigenvalue weighted by Crippen LogP contribution is 2.35. The molecule has 0 radical (unpaired) electrons. The van der Waals surface area contributed by atoms with Crippen molar-refractivity contribution in [1.82, 2.24) is 0 Å². The van der Waals surface area contributed by atoms with Crippen molar-refractivity contribution < 1.29 is 14.6 Å².